The van der Waals surface area contributed by atoms with Gasteiger partial charge in [0.05, 0.1) is 23.5 Å². The number of aliphatic hydroxyl groups excluding tert-OH is 1. The topological polar surface area (TPSA) is 120 Å². The number of allylic oxidation sites excluding steroid dienone is 2. The van der Waals surface area contributed by atoms with E-state index in [1.165, 1.54) is 14.1 Å². The van der Waals surface area contributed by atoms with Gasteiger partial charge in [-0.3, -0.25) is 29.1 Å². The summed E-state index contributed by atoms with van der Waals surface area (Å²) in [6, 6.07) is 8.25. The molecular weight excluding hydrogens is 676 g/mol. The summed E-state index contributed by atoms with van der Waals surface area (Å²) in [6.45, 7) is -0.407. The van der Waals surface area contributed by atoms with E-state index in [9.17, 15) is 37.5 Å². The molecular formula is C30H26Cl3F3N4O6. The predicted octanol–water partition coefficient (Wildman–Crippen LogP) is 4.16. The third-order valence-electron chi connectivity index (χ3n) is 9.29. The van der Waals surface area contributed by atoms with Gasteiger partial charge < -0.3 is 9.84 Å². The first kappa shape index (κ1) is 32.5. The standard InChI is InChI=1S/C30H26Cl3F3N4O6/c1-38-26(44)28(32)13-17-14(22(29(28,33)27(38)45)15-5-3-4-6-19(15)46-12-11-41)7-8-16-21(17)25(43)40(24(16)42)39(2)23-18(31)9-10-20(37-23)30(34,35)36/h3-7,9-10,16-17,21-22,41H,8,11-13H2,1-2H3/t16-,17+,21-,22+,28+,29-/m0/s1. The average Bonchev–Trinajstić information content (AvgIpc) is 3.34. The summed E-state index contributed by atoms with van der Waals surface area (Å²) in [5, 5.41) is 10.8. The molecule has 244 valence electrons. The number of likely N-dealkylation sites (tertiary alicyclic amines) is 1. The van der Waals surface area contributed by atoms with E-state index in [2.05, 4.69) is 4.98 Å². The van der Waals surface area contributed by atoms with E-state index in [-0.39, 0.29) is 36.8 Å². The Kier molecular flexibility index (Phi) is 7.86. The van der Waals surface area contributed by atoms with Crippen molar-refractivity contribution in [2.24, 2.45) is 17.8 Å². The van der Waals surface area contributed by atoms with Crippen molar-refractivity contribution in [2.45, 2.75) is 34.7 Å². The Balaban J connectivity index is 1.46. The minimum absolute atomic E-state index is 0.0194. The van der Waals surface area contributed by atoms with Crippen molar-refractivity contribution in [1.82, 2.24) is 14.9 Å². The Hall–Kier alpha value is -3.39. The van der Waals surface area contributed by atoms with Crippen LogP contribution in [0.5, 0.6) is 5.75 Å². The predicted molar refractivity (Wildman–Crippen MR) is 159 cm³/mol. The molecule has 1 aromatic carbocycles. The van der Waals surface area contributed by atoms with Gasteiger partial charge in [-0.25, -0.2) is 4.98 Å². The van der Waals surface area contributed by atoms with Crippen LogP contribution in [0.3, 0.4) is 0 Å². The second kappa shape index (κ2) is 11.1. The van der Waals surface area contributed by atoms with Crippen molar-refractivity contribution >= 4 is 64.2 Å². The number of fused-ring (bicyclic) bond motifs is 4. The number of rotatable bonds is 6. The fourth-order valence-electron chi connectivity index (χ4n) is 7.29. The van der Waals surface area contributed by atoms with Crippen LogP contribution >= 0.6 is 34.8 Å². The van der Waals surface area contributed by atoms with Crippen LogP contribution in [0.25, 0.3) is 0 Å². The molecule has 2 aliphatic carbocycles. The van der Waals surface area contributed by atoms with Crippen LogP contribution in [0, 0.1) is 17.8 Å². The van der Waals surface area contributed by atoms with Crippen molar-refractivity contribution in [3.8, 4) is 5.75 Å². The maximum Gasteiger partial charge on any atom is 0.433 e. The zero-order chi connectivity index (χ0) is 33.5. The Bertz CT molecular complexity index is 1710. The first-order valence-corrected chi connectivity index (χ1v) is 15.3. The summed E-state index contributed by atoms with van der Waals surface area (Å²) in [4.78, 5) is 55.8. The lowest BCUT2D eigenvalue weighted by Crippen LogP contribution is -2.60. The van der Waals surface area contributed by atoms with E-state index in [4.69, 9.17) is 39.5 Å². The molecule has 0 unspecified atom stereocenters. The van der Waals surface area contributed by atoms with Gasteiger partial charge in [0.15, 0.2) is 15.6 Å². The summed E-state index contributed by atoms with van der Waals surface area (Å²) in [7, 11) is 2.46. The van der Waals surface area contributed by atoms with Crippen LogP contribution in [0.1, 0.15) is 30.0 Å². The molecule has 0 spiro atoms. The molecule has 1 N–H and O–H groups in total. The largest absolute Gasteiger partial charge is 0.491 e. The van der Waals surface area contributed by atoms with Crippen LogP contribution < -0.4 is 9.75 Å². The minimum Gasteiger partial charge on any atom is -0.491 e. The number of nitrogens with zero attached hydrogens (tertiary/aromatic N) is 4. The summed E-state index contributed by atoms with van der Waals surface area (Å²) < 4.78 is 46.2. The van der Waals surface area contributed by atoms with Crippen LogP contribution in [-0.4, -0.2) is 80.7 Å². The van der Waals surface area contributed by atoms with Crippen molar-refractivity contribution in [3.05, 3.63) is 64.3 Å². The first-order chi connectivity index (χ1) is 21.6. The molecule has 2 aliphatic heterocycles. The molecule has 3 fully saturated rings. The van der Waals surface area contributed by atoms with Gasteiger partial charge in [0.1, 0.15) is 18.1 Å². The van der Waals surface area contributed by atoms with E-state index in [0.29, 0.717) is 22.2 Å². The third kappa shape index (κ3) is 4.45. The molecule has 3 heterocycles. The van der Waals surface area contributed by atoms with Gasteiger partial charge in [-0.15, -0.1) is 23.2 Å². The first-order valence-electron chi connectivity index (χ1n) is 14.2. The number of hydrazine groups is 1. The highest BCUT2D eigenvalue weighted by Gasteiger charge is 2.76. The number of carbonyl (C=O) groups is 4. The third-order valence-corrected chi connectivity index (χ3v) is 11.0. The molecule has 16 heteroatoms. The number of anilines is 1. The van der Waals surface area contributed by atoms with Gasteiger partial charge in [-0.2, -0.15) is 18.2 Å². The molecule has 1 aromatic heterocycles. The van der Waals surface area contributed by atoms with E-state index in [1.807, 2.05) is 0 Å². The Morgan fingerprint density at radius 1 is 1.07 bits per heavy atom. The van der Waals surface area contributed by atoms with Crippen molar-refractivity contribution in [2.75, 3.05) is 32.3 Å². The minimum atomic E-state index is -4.82. The number of carbonyl (C=O) groups excluding carboxylic acids is 4. The lowest BCUT2D eigenvalue weighted by atomic mass is 9.56. The number of imide groups is 2. The Labute approximate surface area is 275 Å². The summed E-state index contributed by atoms with van der Waals surface area (Å²) >= 11 is 20.6. The number of pyridine rings is 1. The smallest absolute Gasteiger partial charge is 0.433 e. The number of hydrogen-bond donors (Lipinski definition) is 1. The molecule has 4 amide bonds. The molecule has 0 bridgehead atoms. The second-order valence-corrected chi connectivity index (χ2v) is 13.3. The van der Waals surface area contributed by atoms with Crippen LogP contribution in [0.4, 0.5) is 19.0 Å². The highest BCUT2D eigenvalue weighted by atomic mass is 35.5. The normalized spacial score (nSPS) is 30.7. The molecule has 2 aromatic rings. The van der Waals surface area contributed by atoms with E-state index < -0.39 is 74.7 Å². The number of alkyl halides is 5. The Morgan fingerprint density at radius 3 is 2.43 bits per heavy atom. The van der Waals surface area contributed by atoms with E-state index in [1.54, 1.807) is 30.3 Å². The number of ether oxygens (including phenoxy) is 1. The van der Waals surface area contributed by atoms with Gasteiger partial charge in [0.2, 0.25) is 0 Å². The summed E-state index contributed by atoms with van der Waals surface area (Å²) in [5.41, 5.74) is -0.398. The fraction of sp³-hybridized carbons (Fsp3) is 0.433. The molecule has 6 rings (SSSR count). The lowest BCUT2D eigenvalue weighted by molar-refractivity contribution is -0.141. The number of hydrogen-bond acceptors (Lipinski definition) is 8. The summed E-state index contributed by atoms with van der Waals surface area (Å²) in [6.07, 6.45) is -3.37. The van der Waals surface area contributed by atoms with E-state index in [0.717, 1.165) is 16.0 Å². The maximum absolute atomic E-state index is 14.2. The monoisotopic (exact) mass is 700 g/mol. The van der Waals surface area contributed by atoms with Gasteiger partial charge >= 0.3 is 6.18 Å². The second-order valence-electron chi connectivity index (χ2n) is 11.6. The molecule has 1 saturated carbocycles. The SMILES string of the molecule is CN1C(=O)[C@]2(Cl)C[C@@H]3C(=CC[C@@H]4C(=O)N(N(C)c5nc(C(F)(F)F)ccc5Cl)C(=O)[C@@H]43)[C@H](c3ccccc3OCCO)[C@]2(Cl)C1=O. The summed E-state index contributed by atoms with van der Waals surface area (Å²) in [5.74, 6) is -7.27. The number of amides is 4. The Morgan fingerprint density at radius 2 is 1.76 bits per heavy atom. The quantitative estimate of drug-likeness (QED) is 0.271. The highest BCUT2D eigenvalue weighted by molar-refractivity contribution is 6.53. The van der Waals surface area contributed by atoms with Gasteiger partial charge in [0, 0.05) is 25.6 Å². The molecule has 2 saturated heterocycles. The number of aromatic nitrogens is 1. The van der Waals surface area contributed by atoms with Crippen LogP contribution in [0.15, 0.2) is 48.0 Å². The molecule has 0 radical (unpaired) electrons. The lowest BCUT2D eigenvalue weighted by Gasteiger charge is -2.51. The van der Waals surface area contributed by atoms with Crippen LogP contribution in [-0.2, 0) is 25.4 Å². The van der Waals surface area contributed by atoms with Crippen molar-refractivity contribution < 1.29 is 42.2 Å². The average molecular weight is 702 g/mol. The van der Waals surface area contributed by atoms with Gasteiger partial charge in [-0.1, -0.05) is 41.4 Å². The molecule has 10 nitrogen and oxygen atoms in total. The zero-order valence-corrected chi connectivity index (χ0v) is 26.5. The number of benzene rings is 1. The molecule has 46 heavy (non-hydrogen) atoms. The number of aliphatic hydroxyl groups is 1. The number of halogens is 6. The van der Waals surface area contributed by atoms with Crippen molar-refractivity contribution in [1.29, 1.82) is 0 Å². The zero-order valence-electron chi connectivity index (χ0n) is 24.2. The highest BCUT2D eigenvalue weighted by Crippen LogP contribution is 2.66. The fourth-order valence-corrected chi connectivity index (χ4v) is 8.52. The van der Waals surface area contributed by atoms with Gasteiger partial charge in [-0.05, 0) is 37.0 Å². The van der Waals surface area contributed by atoms with Crippen molar-refractivity contribution in [3.63, 3.8) is 0 Å². The van der Waals surface area contributed by atoms with E-state index >= 15 is 0 Å². The van der Waals surface area contributed by atoms with Crippen LogP contribution in [0.2, 0.25) is 5.02 Å². The molecule has 6 atom stereocenters. The number of para-hydroxylation sites is 1. The van der Waals surface area contributed by atoms with Gasteiger partial charge in [0.25, 0.3) is 23.6 Å². The molecule has 4 aliphatic rings. The maximum atomic E-state index is 14.2.